The van der Waals surface area contributed by atoms with Crippen molar-refractivity contribution in [2.24, 2.45) is 7.05 Å². The molecule has 134 valence electrons. The molecule has 1 aromatic carbocycles. The Morgan fingerprint density at radius 3 is 2.68 bits per heavy atom. The second kappa shape index (κ2) is 7.14. The lowest BCUT2D eigenvalue weighted by Gasteiger charge is -2.32. The summed E-state index contributed by atoms with van der Waals surface area (Å²) in [7, 11) is -1.80. The standard InChI is InChI=1S/C16H21N5O3S/c1-20-11-14(10-17-20)18-16(22)21-9-5-8-15(12-21)25(23,24)19-13-6-3-2-4-7-13/h2-4,6-7,10-11,15,19H,5,8-9,12H2,1H3,(H,18,22)/t15-/m1/s1. The summed E-state index contributed by atoms with van der Waals surface area (Å²) in [5, 5.41) is 6.10. The fourth-order valence-electron chi connectivity index (χ4n) is 2.82. The molecule has 1 aromatic heterocycles. The first kappa shape index (κ1) is 17.3. The maximum Gasteiger partial charge on any atom is 0.321 e. The van der Waals surface area contributed by atoms with Gasteiger partial charge in [0, 0.05) is 32.0 Å². The number of carbonyl (C=O) groups is 1. The number of nitrogens with one attached hydrogen (secondary N) is 2. The van der Waals surface area contributed by atoms with Crippen molar-refractivity contribution in [3.63, 3.8) is 0 Å². The summed E-state index contributed by atoms with van der Waals surface area (Å²) in [4.78, 5) is 13.9. The number of amides is 2. The Morgan fingerprint density at radius 1 is 1.24 bits per heavy atom. The van der Waals surface area contributed by atoms with Crippen LogP contribution in [0.25, 0.3) is 0 Å². The molecule has 1 aliphatic heterocycles. The molecule has 0 aliphatic carbocycles. The summed E-state index contributed by atoms with van der Waals surface area (Å²) in [5.41, 5.74) is 1.11. The van der Waals surface area contributed by atoms with Crippen LogP contribution in [0.1, 0.15) is 12.8 Å². The number of likely N-dealkylation sites (tertiary alicyclic amines) is 1. The van der Waals surface area contributed by atoms with Crippen molar-refractivity contribution in [3.05, 3.63) is 42.7 Å². The number of hydrogen-bond donors (Lipinski definition) is 2. The van der Waals surface area contributed by atoms with E-state index in [1.807, 2.05) is 6.07 Å². The molecule has 1 aliphatic rings. The summed E-state index contributed by atoms with van der Waals surface area (Å²) < 4.78 is 29.4. The first-order chi connectivity index (χ1) is 11.9. The number of nitrogens with zero attached hydrogens (tertiary/aromatic N) is 3. The van der Waals surface area contributed by atoms with Gasteiger partial charge in [-0.2, -0.15) is 5.10 Å². The average Bonchev–Trinajstić information content (AvgIpc) is 3.00. The fraction of sp³-hybridized carbons (Fsp3) is 0.375. The molecule has 0 radical (unpaired) electrons. The van der Waals surface area contributed by atoms with E-state index in [1.54, 1.807) is 48.4 Å². The van der Waals surface area contributed by atoms with Gasteiger partial charge in [0.25, 0.3) is 0 Å². The Balaban J connectivity index is 1.64. The SMILES string of the molecule is Cn1cc(NC(=O)N2CCC[C@@H](S(=O)(=O)Nc3ccccc3)C2)cn1. The number of aryl methyl sites for hydroxylation is 1. The van der Waals surface area contributed by atoms with E-state index in [2.05, 4.69) is 15.1 Å². The molecule has 2 amide bonds. The summed E-state index contributed by atoms with van der Waals surface area (Å²) in [6.45, 7) is 0.692. The number of anilines is 2. The van der Waals surface area contributed by atoms with Gasteiger partial charge in [0.2, 0.25) is 10.0 Å². The molecule has 1 fully saturated rings. The Labute approximate surface area is 146 Å². The molecule has 0 spiro atoms. The minimum Gasteiger partial charge on any atom is -0.323 e. The molecular weight excluding hydrogens is 342 g/mol. The molecule has 0 unspecified atom stereocenters. The quantitative estimate of drug-likeness (QED) is 0.866. The van der Waals surface area contributed by atoms with Crippen molar-refractivity contribution in [1.82, 2.24) is 14.7 Å². The third-order valence-corrected chi connectivity index (χ3v) is 5.88. The molecule has 3 rings (SSSR count). The van der Waals surface area contributed by atoms with Crippen LogP contribution in [-0.4, -0.2) is 47.5 Å². The van der Waals surface area contributed by atoms with Gasteiger partial charge in [-0.1, -0.05) is 18.2 Å². The van der Waals surface area contributed by atoms with Crippen LogP contribution in [-0.2, 0) is 17.1 Å². The van der Waals surface area contributed by atoms with Crippen LogP contribution in [0.5, 0.6) is 0 Å². The van der Waals surface area contributed by atoms with Crippen LogP contribution in [0, 0.1) is 0 Å². The highest BCUT2D eigenvalue weighted by Gasteiger charge is 2.32. The maximum absolute atomic E-state index is 12.6. The summed E-state index contributed by atoms with van der Waals surface area (Å²) in [5.74, 6) is 0. The highest BCUT2D eigenvalue weighted by molar-refractivity contribution is 7.93. The number of hydrogen-bond acceptors (Lipinski definition) is 4. The van der Waals surface area contributed by atoms with Crippen molar-refractivity contribution < 1.29 is 13.2 Å². The third-order valence-electron chi connectivity index (χ3n) is 4.09. The molecule has 2 aromatic rings. The van der Waals surface area contributed by atoms with Crippen LogP contribution >= 0.6 is 0 Å². The number of piperidine rings is 1. The van der Waals surface area contributed by atoms with Gasteiger partial charge in [0.05, 0.1) is 17.1 Å². The van der Waals surface area contributed by atoms with Crippen molar-refractivity contribution in [3.8, 4) is 0 Å². The second-order valence-corrected chi connectivity index (χ2v) is 8.02. The van der Waals surface area contributed by atoms with Gasteiger partial charge in [-0.05, 0) is 25.0 Å². The number of sulfonamides is 1. The number of benzene rings is 1. The maximum atomic E-state index is 12.6. The molecule has 2 N–H and O–H groups in total. The van der Waals surface area contributed by atoms with Crippen molar-refractivity contribution >= 4 is 27.4 Å². The van der Waals surface area contributed by atoms with Crippen LogP contribution in [0.2, 0.25) is 0 Å². The molecular formula is C16H21N5O3S. The fourth-order valence-corrected chi connectivity index (χ4v) is 4.30. The molecule has 25 heavy (non-hydrogen) atoms. The molecule has 1 atom stereocenters. The van der Waals surface area contributed by atoms with Gasteiger partial charge in [0.1, 0.15) is 0 Å². The number of rotatable bonds is 4. The van der Waals surface area contributed by atoms with Crippen molar-refractivity contribution in [1.29, 1.82) is 0 Å². The zero-order chi connectivity index (χ0) is 17.9. The van der Waals surface area contributed by atoms with Gasteiger partial charge < -0.3 is 10.2 Å². The average molecular weight is 363 g/mol. The van der Waals surface area contributed by atoms with E-state index in [0.29, 0.717) is 30.8 Å². The summed E-state index contributed by atoms with van der Waals surface area (Å²) in [6.07, 6.45) is 4.40. The zero-order valence-corrected chi connectivity index (χ0v) is 14.7. The van der Waals surface area contributed by atoms with E-state index in [4.69, 9.17) is 0 Å². The smallest absolute Gasteiger partial charge is 0.321 e. The normalized spacial score (nSPS) is 18.0. The molecule has 1 saturated heterocycles. The Hall–Kier alpha value is -2.55. The lowest BCUT2D eigenvalue weighted by molar-refractivity contribution is 0.200. The Morgan fingerprint density at radius 2 is 2.00 bits per heavy atom. The van der Waals surface area contributed by atoms with E-state index >= 15 is 0 Å². The predicted octanol–water partition coefficient (Wildman–Crippen LogP) is 1.86. The minimum atomic E-state index is -3.56. The summed E-state index contributed by atoms with van der Waals surface area (Å²) in [6, 6.07) is 8.45. The largest absolute Gasteiger partial charge is 0.323 e. The number of aromatic nitrogens is 2. The molecule has 0 bridgehead atoms. The van der Waals surface area contributed by atoms with E-state index in [-0.39, 0.29) is 12.6 Å². The Kier molecular flexibility index (Phi) is 4.93. The predicted molar refractivity (Wildman–Crippen MR) is 95.8 cm³/mol. The lowest BCUT2D eigenvalue weighted by atomic mass is 10.1. The highest BCUT2D eigenvalue weighted by atomic mass is 32.2. The number of carbonyl (C=O) groups excluding carboxylic acids is 1. The van der Waals surface area contributed by atoms with Crippen LogP contribution < -0.4 is 10.0 Å². The zero-order valence-electron chi connectivity index (χ0n) is 13.9. The van der Waals surface area contributed by atoms with Gasteiger partial charge in [-0.15, -0.1) is 0 Å². The Bertz CT molecular complexity index is 834. The van der Waals surface area contributed by atoms with Gasteiger partial charge >= 0.3 is 6.03 Å². The minimum absolute atomic E-state index is 0.161. The number of urea groups is 1. The van der Waals surface area contributed by atoms with E-state index in [0.717, 1.165) is 0 Å². The van der Waals surface area contributed by atoms with Crippen LogP contribution in [0.3, 0.4) is 0 Å². The molecule has 2 heterocycles. The lowest BCUT2D eigenvalue weighted by Crippen LogP contribution is -2.48. The van der Waals surface area contributed by atoms with E-state index in [9.17, 15) is 13.2 Å². The monoisotopic (exact) mass is 363 g/mol. The highest BCUT2D eigenvalue weighted by Crippen LogP contribution is 2.20. The first-order valence-electron chi connectivity index (χ1n) is 8.05. The van der Waals surface area contributed by atoms with E-state index < -0.39 is 15.3 Å². The van der Waals surface area contributed by atoms with Gasteiger partial charge in [-0.3, -0.25) is 9.40 Å². The third kappa shape index (κ3) is 4.30. The molecule has 0 saturated carbocycles. The van der Waals surface area contributed by atoms with Crippen LogP contribution in [0.4, 0.5) is 16.2 Å². The molecule has 8 nitrogen and oxygen atoms in total. The van der Waals surface area contributed by atoms with Crippen molar-refractivity contribution in [2.75, 3.05) is 23.1 Å². The first-order valence-corrected chi connectivity index (χ1v) is 9.60. The number of para-hydroxylation sites is 1. The van der Waals surface area contributed by atoms with Crippen LogP contribution in [0.15, 0.2) is 42.7 Å². The van der Waals surface area contributed by atoms with Gasteiger partial charge in [0.15, 0.2) is 0 Å². The van der Waals surface area contributed by atoms with E-state index in [1.165, 1.54) is 4.90 Å². The molecule has 9 heteroatoms. The van der Waals surface area contributed by atoms with Crippen molar-refractivity contribution in [2.45, 2.75) is 18.1 Å². The second-order valence-electron chi connectivity index (χ2n) is 6.06. The summed E-state index contributed by atoms with van der Waals surface area (Å²) >= 11 is 0. The van der Waals surface area contributed by atoms with Gasteiger partial charge in [-0.25, -0.2) is 13.2 Å². The topological polar surface area (TPSA) is 96.3 Å².